The molecule has 8 heteroatoms. The van der Waals surface area contributed by atoms with Crippen molar-refractivity contribution in [1.29, 1.82) is 0 Å². The molecule has 0 amide bonds. The topological polar surface area (TPSA) is 94.1 Å². The van der Waals surface area contributed by atoms with Crippen LogP contribution in [0.2, 0.25) is 0 Å². The van der Waals surface area contributed by atoms with E-state index in [-0.39, 0.29) is 11.4 Å². The van der Waals surface area contributed by atoms with E-state index in [0.29, 0.717) is 17.7 Å². The summed E-state index contributed by atoms with van der Waals surface area (Å²) in [6.45, 7) is 14.2. The van der Waals surface area contributed by atoms with Crippen LogP contribution in [0, 0.1) is 13.8 Å². The largest absolute Gasteiger partial charge is 0.433 e. The lowest BCUT2D eigenvalue weighted by Gasteiger charge is -2.31. The normalized spacial score (nSPS) is 16.4. The summed E-state index contributed by atoms with van der Waals surface area (Å²) in [5.41, 5.74) is 11.9. The third kappa shape index (κ3) is 7.37. The van der Waals surface area contributed by atoms with Crippen LogP contribution in [-0.4, -0.2) is 50.3 Å². The minimum atomic E-state index is 0.155. The maximum absolute atomic E-state index is 6.16. The van der Waals surface area contributed by atoms with E-state index in [1.807, 2.05) is 10.9 Å². The molecule has 2 aromatic heterocycles. The van der Waals surface area contributed by atoms with Crippen molar-refractivity contribution in [3.8, 4) is 22.9 Å². The summed E-state index contributed by atoms with van der Waals surface area (Å²) in [5, 5.41) is 8.40. The van der Waals surface area contributed by atoms with E-state index in [4.69, 9.17) is 15.5 Å². The first kappa shape index (κ1) is 29.0. The minimum absolute atomic E-state index is 0.155. The molecule has 1 aliphatic heterocycles. The second-order valence-corrected chi connectivity index (χ2v) is 11.6. The Labute approximate surface area is 234 Å². The van der Waals surface area contributed by atoms with Gasteiger partial charge in [-0.2, -0.15) is 5.10 Å². The first-order valence-corrected chi connectivity index (χ1v) is 14.6. The van der Waals surface area contributed by atoms with Crippen LogP contribution in [0.4, 0.5) is 5.82 Å². The summed E-state index contributed by atoms with van der Waals surface area (Å²) in [4.78, 5) is 11.5. The fourth-order valence-electron chi connectivity index (χ4n) is 5.42. The number of aromatic nitrogens is 4. The predicted octanol–water partition coefficient (Wildman–Crippen LogP) is 6.44. The van der Waals surface area contributed by atoms with Crippen LogP contribution in [0.25, 0.3) is 11.3 Å². The number of ether oxygens (including phenoxy) is 1. The number of piperidine rings is 1. The molecule has 1 unspecified atom stereocenters. The van der Waals surface area contributed by atoms with Crippen LogP contribution in [0.15, 0.2) is 30.7 Å². The molecule has 1 fully saturated rings. The molecule has 1 aliphatic rings. The van der Waals surface area contributed by atoms with Gasteiger partial charge < -0.3 is 20.7 Å². The number of hydrogen-bond donors (Lipinski definition) is 2. The highest BCUT2D eigenvalue weighted by Crippen LogP contribution is 2.31. The van der Waals surface area contributed by atoms with Crippen LogP contribution in [0.3, 0.4) is 0 Å². The molecule has 3 aromatic rings. The molecule has 0 aliphatic carbocycles. The lowest BCUT2D eigenvalue weighted by atomic mass is 9.90. The van der Waals surface area contributed by atoms with Crippen LogP contribution in [0.1, 0.15) is 88.4 Å². The van der Waals surface area contributed by atoms with Crippen molar-refractivity contribution in [2.45, 2.75) is 97.7 Å². The Hall–Kier alpha value is -2.97. The Morgan fingerprint density at radius 2 is 1.82 bits per heavy atom. The van der Waals surface area contributed by atoms with E-state index in [1.165, 1.54) is 42.4 Å². The maximum atomic E-state index is 6.16. The highest BCUT2D eigenvalue weighted by molar-refractivity contribution is 5.64. The molecule has 3 heterocycles. The molecular weight excluding hydrogens is 486 g/mol. The van der Waals surface area contributed by atoms with Crippen molar-refractivity contribution < 1.29 is 4.74 Å². The van der Waals surface area contributed by atoms with Gasteiger partial charge in [0.05, 0.1) is 30.3 Å². The first-order chi connectivity index (χ1) is 18.7. The molecule has 1 saturated heterocycles. The monoisotopic (exact) mass is 533 g/mol. The van der Waals surface area contributed by atoms with Crippen molar-refractivity contribution in [3.05, 3.63) is 47.4 Å². The number of nitrogens with two attached hydrogens (primary N) is 1. The standard InChI is InChI=1S/C31H47N7O/c1-7-9-10-13-31(5,8-2)34-19-27-22(3)16-24(17-23(27)4)28-20-33-29(32)30(36-28)39-26-18-35-38(21-26)25-11-14-37(6)15-12-25/h16-18,20-21,25,34H,7-15,19H2,1-6H3,(H2,32,33). The van der Waals surface area contributed by atoms with E-state index in [9.17, 15) is 0 Å². The van der Waals surface area contributed by atoms with Crippen molar-refractivity contribution in [2.75, 3.05) is 25.9 Å². The summed E-state index contributed by atoms with van der Waals surface area (Å²) in [6, 6.07) is 4.76. The van der Waals surface area contributed by atoms with Gasteiger partial charge in [0.15, 0.2) is 11.6 Å². The number of likely N-dealkylation sites (tertiary alicyclic amines) is 1. The van der Waals surface area contributed by atoms with Gasteiger partial charge in [-0.25, -0.2) is 9.97 Å². The number of benzene rings is 1. The Morgan fingerprint density at radius 3 is 2.49 bits per heavy atom. The van der Waals surface area contributed by atoms with Crippen LogP contribution in [0.5, 0.6) is 11.6 Å². The summed E-state index contributed by atoms with van der Waals surface area (Å²) in [7, 11) is 2.16. The van der Waals surface area contributed by atoms with Crippen molar-refractivity contribution >= 4 is 5.82 Å². The summed E-state index contributed by atoms with van der Waals surface area (Å²) in [6.07, 6.45) is 13.7. The van der Waals surface area contributed by atoms with Crippen molar-refractivity contribution in [1.82, 2.24) is 30.0 Å². The SMILES string of the molecule is CCCCCC(C)(CC)NCc1c(C)cc(-c2cnc(N)c(Oc3cnn(C4CCN(C)CC4)c3)n2)cc1C. The van der Waals surface area contributed by atoms with Crippen LogP contribution in [-0.2, 0) is 6.54 Å². The molecule has 0 spiro atoms. The van der Waals surface area contributed by atoms with Crippen LogP contribution >= 0.6 is 0 Å². The first-order valence-electron chi connectivity index (χ1n) is 14.6. The van der Waals surface area contributed by atoms with E-state index in [1.54, 1.807) is 12.4 Å². The lowest BCUT2D eigenvalue weighted by molar-refractivity contribution is 0.212. The zero-order chi connectivity index (χ0) is 28.0. The number of hydrogen-bond acceptors (Lipinski definition) is 7. The lowest BCUT2D eigenvalue weighted by Crippen LogP contribution is -2.41. The Morgan fingerprint density at radius 1 is 1.10 bits per heavy atom. The number of unbranched alkanes of at least 4 members (excludes halogenated alkanes) is 2. The zero-order valence-corrected chi connectivity index (χ0v) is 24.8. The smallest absolute Gasteiger partial charge is 0.263 e. The fourth-order valence-corrected chi connectivity index (χ4v) is 5.42. The summed E-state index contributed by atoms with van der Waals surface area (Å²) < 4.78 is 8.08. The van der Waals surface area contributed by atoms with Gasteiger partial charge in [-0.3, -0.25) is 4.68 Å². The van der Waals surface area contributed by atoms with Crippen LogP contribution < -0.4 is 15.8 Å². The molecule has 212 valence electrons. The van der Waals surface area contributed by atoms with Gasteiger partial charge in [0.25, 0.3) is 5.88 Å². The summed E-state index contributed by atoms with van der Waals surface area (Å²) in [5.74, 6) is 1.20. The Bertz CT molecular complexity index is 1210. The van der Waals surface area contributed by atoms with Crippen molar-refractivity contribution in [3.63, 3.8) is 0 Å². The van der Waals surface area contributed by atoms with Gasteiger partial charge in [-0.1, -0.05) is 33.1 Å². The number of rotatable bonds is 12. The molecular formula is C31H47N7O. The molecule has 1 aromatic carbocycles. The second-order valence-electron chi connectivity index (χ2n) is 11.6. The predicted molar refractivity (Wildman–Crippen MR) is 159 cm³/mol. The molecule has 39 heavy (non-hydrogen) atoms. The average Bonchev–Trinajstić information content (AvgIpc) is 3.38. The molecule has 0 radical (unpaired) electrons. The third-order valence-corrected chi connectivity index (χ3v) is 8.42. The fraction of sp³-hybridized carbons (Fsp3) is 0.581. The molecule has 0 saturated carbocycles. The van der Waals surface area contributed by atoms with Gasteiger partial charge >= 0.3 is 0 Å². The number of aryl methyl sites for hydroxylation is 2. The highest BCUT2D eigenvalue weighted by atomic mass is 16.5. The quantitative estimate of drug-likeness (QED) is 0.259. The zero-order valence-electron chi connectivity index (χ0n) is 24.8. The number of anilines is 1. The van der Waals surface area contributed by atoms with Crippen molar-refractivity contribution in [2.24, 2.45) is 0 Å². The van der Waals surface area contributed by atoms with E-state index >= 15 is 0 Å². The van der Waals surface area contributed by atoms with Gasteiger partial charge in [0.1, 0.15) is 0 Å². The van der Waals surface area contributed by atoms with E-state index < -0.39 is 0 Å². The van der Waals surface area contributed by atoms with Gasteiger partial charge in [-0.15, -0.1) is 0 Å². The van der Waals surface area contributed by atoms with E-state index in [0.717, 1.165) is 50.2 Å². The maximum Gasteiger partial charge on any atom is 0.263 e. The number of nitrogens with zero attached hydrogens (tertiary/aromatic N) is 5. The average molecular weight is 534 g/mol. The van der Waals surface area contributed by atoms with Gasteiger partial charge in [0.2, 0.25) is 0 Å². The highest BCUT2D eigenvalue weighted by Gasteiger charge is 2.22. The molecule has 0 bridgehead atoms. The second kappa shape index (κ2) is 12.9. The number of nitrogens with one attached hydrogen (secondary N) is 1. The molecule has 1 atom stereocenters. The number of nitrogen functional groups attached to an aromatic ring is 1. The van der Waals surface area contributed by atoms with Gasteiger partial charge in [-0.05, 0) is 95.4 Å². The molecule has 3 N–H and O–H groups in total. The third-order valence-electron chi connectivity index (χ3n) is 8.42. The minimum Gasteiger partial charge on any atom is -0.433 e. The molecule has 4 rings (SSSR count). The Balaban J connectivity index is 1.47. The summed E-state index contributed by atoms with van der Waals surface area (Å²) >= 11 is 0. The Kier molecular flexibility index (Phi) is 9.62. The van der Waals surface area contributed by atoms with Gasteiger partial charge in [0, 0.05) is 17.6 Å². The molecule has 8 nitrogen and oxygen atoms in total. The van der Waals surface area contributed by atoms with E-state index in [2.05, 4.69) is 74.1 Å².